The minimum Gasteiger partial charge on any atom is -0.370 e. The van der Waals surface area contributed by atoms with Gasteiger partial charge in [-0.25, -0.2) is 0 Å². The van der Waals surface area contributed by atoms with E-state index in [0.717, 1.165) is 5.56 Å². The van der Waals surface area contributed by atoms with E-state index in [1.807, 2.05) is 30.3 Å². The van der Waals surface area contributed by atoms with Gasteiger partial charge >= 0.3 is 0 Å². The number of amides is 4. The molecule has 1 aromatic carbocycles. The van der Waals surface area contributed by atoms with Crippen LogP contribution in [0.25, 0.3) is 0 Å². The minimum absolute atomic E-state index is 0.0812. The van der Waals surface area contributed by atoms with Crippen LogP contribution in [-0.2, 0) is 25.6 Å². The number of nitrogens with two attached hydrogens (primary N) is 5. The Morgan fingerprint density at radius 1 is 0.730 bits per heavy atom. The van der Waals surface area contributed by atoms with Gasteiger partial charge in [0.1, 0.15) is 18.1 Å². The Bertz CT molecular complexity index is 891. The lowest BCUT2D eigenvalue weighted by molar-refractivity contribution is -0.133. The van der Waals surface area contributed by atoms with E-state index in [1.54, 1.807) is 0 Å². The van der Waals surface area contributed by atoms with Crippen molar-refractivity contribution in [3.8, 4) is 0 Å². The summed E-state index contributed by atoms with van der Waals surface area (Å²) >= 11 is 0. The van der Waals surface area contributed by atoms with E-state index in [-0.39, 0.29) is 44.2 Å². The lowest BCUT2D eigenvalue weighted by Crippen LogP contribution is -2.56. The van der Waals surface area contributed by atoms with Crippen LogP contribution >= 0.6 is 0 Å². The highest BCUT2D eigenvalue weighted by Crippen LogP contribution is 2.06. The summed E-state index contributed by atoms with van der Waals surface area (Å²) in [5.74, 6) is -2.28. The molecule has 0 aromatic heterocycles. The van der Waals surface area contributed by atoms with Gasteiger partial charge < -0.3 is 44.6 Å². The second-order valence-electron chi connectivity index (χ2n) is 8.62. The monoisotopic (exact) mass is 519 g/mol. The Hall–Kier alpha value is -3.71. The third-order valence-corrected chi connectivity index (χ3v) is 5.50. The molecule has 37 heavy (non-hydrogen) atoms. The SMILES string of the molecule is NCCCC[C@H](NC(=O)Cc1ccccc1)C(=O)N[C@@H](CCN)C(=O)N[C@@H](CCCN=C(N)N)C(N)=O. The lowest BCUT2D eigenvalue weighted by atomic mass is 10.1. The number of unbranched alkanes of at least 4 members (excludes halogenated alkanes) is 1. The van der Waals surface area contributed by atoms with Gasteiger partial charge in [-0.3, -0.25) is 24.2 Å². The molecule has 13 N–H and O–H groups in total. The van der Waals surface area contributed by atoms with Crippen LogP contribution in [-0.4, -0.2) is 67.3 Å². The fraction of sp³-hybridized carbons (Fsp3) is 0.542. The molecule has 4 amide bonds. The standard InChI is InChI=1S/C24H41N9O4/c25-12-5-4-9-18(31-20(34)15-16-7-2-1-3-8-16)22(36)33-19(11-13-26)23(37)32-17(21(27)35)10-6-14-30-24(28)29/h1-3,7-8,17-19H,4-6,9-15,25-26H2,(H2,27,35)(H,31,34)(H,32,37)(H,33,36)(H4,28,29,30)/t17-,18-,19-/m0/s1. The first-order chi connectivity index (χ1) is 17.7. The fourth-order valence-electron chi connectivity index (χ4n) is 3.56. The molecule has 0 aliphatic carbocycles. The van der Waals surface area contributed by atoms with Gasteiger partial charge in [-0.1, -0.05) is 30.3 Å². The van der Waals surface area contributed by atoms with Gasteiger partial charge in [-0.05, 0) is 57.2 Å². The van der Waals surface area contributed by atoms with Gasteiger partial charge in [-0.2, -0.15) is 0 Å². The molecule has 0 saturated heterocycles. The quantitative estimate of drug-likeness (QED) is 0.0593. The van der Waals surface area contributed by atoms with Crippen molar-refractivity contribution in [3.63, 3.8) is 0 Å². The molecule has 0 unspecified atom stereocenters. The molecule has 3 atom stereocenters. The number of aliphatic imine (C=N–C) groups is 1. The molecule has 0 spiro atoms. The first kappa shape index (κ1) is 31.3. The number of guanidine groups is 1. The Morgan fingerprint density at radius 2 is 1.32 bits per heavy atom. The van der Waals surface area contributed by atoms with E-state index >= 15 is 0 Å². The van der Waals surface area contributed by atoms with Crippen LogP contribution < -0.4 is 44.6 Å². The van der Waals surface area contributed by atoms with Crippen molar-refractivity contribution >= 4 is 29.6 Å². The van der Waals surface area contributed by atoms with Crippen molar-refractivity contribution in [2.75, 3.05) is 19.6 Å². The van der Waals surface area contributed by atoms with E-state index in [2.05, 4.69) is 20.9 Å². The highest BCUT2D eigenvalue weighted by Gasteiger charge is 2.28. The predicted molar refractivity (Wildman–Crippen MR) is 142 cm³/mol. The lowest BCUT2D eigenvalue weighted by Gasteiger charge is -2.24. The van der Waals surface area contributed by atoms with Crippen LogP contribution in [0.3, 0.4) is 0 Å². The molecular weight excluding hydrogens is 478 g/mol. The summed E-state index contributed by atoms with van der Waals surface area (Å²) < 4.78 is 0. The van der Waals surface area contributed by atoms with Crippen LogP contribution in [0.1, 0.15) is 44.1 Å². The van der Waals surface area contributed by atoms with Crippen molar-refractivity contribution in [1.29, 1.82) is 0 Å². The second kappa shape index (κ2) is 17.7. The molecule has 206 valence electrons. The van der Waals surface area contributed by atoms with Gasteiger partial charge in [0, 0.05) is 6.54 Å². The van der Waals surface area contributed by atoms with Gasteiger partial charge in [0.15, 0.2) is 5.96 Å². The molecule has 0 saturated carbocycles. The average molecular weight is 520 g/mol. The molecule has 0 aliphatic heterocycles. The summed E-state index contributed by atoms with van der Waals surface area (Å²) in [5, 5.41) is 7.97. The van der Waals surface area contributed by atoms with Crippen molar-refractivity contribution in [2.24, 2.45) is 33.7 Å². The first-order valence-electron chi connectivity index (χ1n) is 12.4. The summed E-state index contributed by atoms with van der Waals surface area (Å²) in [6, 6.07) is 6.25. The zero-order chi connectivity index (χ0) is 27.6. The third kappa shape index (κ3) is 13.2. The Balaban J connectivity index is 2.84. The Kier molecular flexibility index (Phi) is 15.0. The molecule has 13 heteroatoms. The number of nitrogens with one attached hydrogen (secondary N) is 3. The van der Waals surface area contributed by atoms with Crippen molar-refractivity contribution in [2.45, 2.75) is 63.1 Å². The number of rotatable bonds is 18. The smallest absolute Gasteiger partial charge is 0.243 e. The van der Waals surface area contributed by atoms with Crippen LogP contribution in [0.15, 0.2) is 35.3 Å². The fourth-order valence-corrected chi connectivity index (χ4v) is 3.56. The minimum atomic E-state index is -1.03. The number of nitrogens with zero attached hydrogens (tertiary/aromatic N) is 1. The molecule has 0 fully saturated rings. The molecule has 0 heterocycles. The Labute approximate surface area is 217 Å². The number of carbonyl (C=O) groups is 4. The topological polar surface area (TPSA) is 247 Å². The molecule has 13 nitrogen and oxygen atoms in total. The van der Waals surface area contributed by atoms with E-state index in [9.17, 15) is 19.2 Å². The van der Waals surface area contributed by atoms with Crippen molar-refractivity contribution in [3.05, 3.63) is 35.9 Å². The highest BCUT2D eigenvalue weighted by molar-refractivity contribution is 5.94. The van der Waals surface area contributed by atoms with Gasteiger partial charge in [0.05, 0.1) is 6.42 Å². The van der Waals surface area contributed by atoms with Gasteiger partial charge in [0.25, 0.3) is 0 Å². The third-order valence-electron chi connectivity index (χ3n) is 5.50. The summed E-state index contributed by atoms with van der Waals surface area (Å²) in [6.45, 7) is 0.808. The summed E-state index contributed by atoms with van der Waals surface area (Å²) in [6.07, 6.45) is 2.45. The van der Waals surface area contributed by atoms with Crippen molar-refractivity contribution in [1.82, 2.24) is 16.0 Å². The normalized spacial score (nSPS) is 13.0. The summed E-state index contributed by atoms with van der Waals surface area (Å²) in [7, 11) is 0. The number of primary amides is 1. The summed E-state index contributed by atoms with van der Waals surface area (Å²) in [4.78, 5) is 54.3. The van der Waals surface area contributed by atoms with E-state index in [1.165, 1.54) is 0 Å². The number of carbonyl (C=O) groups excluding carboxylic acids is 4. The molecule has 0 aliphatic rings. The van der Waals surface area contributed by atoms with Crippen LogP contribution in [0, 0.1) is 0 Å². The molecule has 0 radical (unpaired) electrons. The maximum atomic E-state index is 13.1. The summed E-state index contributed by atoms with van der Waals surface area (Å²) in [5.41, 5.74) is 28.0. The zero-order valence-electron chi connectivity index (χ0n) is 21.2. The van der Waals surface area contributed by atoms with E-state index < -0.39 is 35.8 Å². The van der Waals surface area contributed by atoms with Crippen LogP contribution in [0.2, 0.25) is 0 Å². The Morgan fingerprint density at radius 3 is 1.89 bits per heavy atom. The molecule has 0 bridgehead atoms. The van der Waals surface area contributed by atoms with Gasteiger partial charge in [-0.15, -0.1) is 0 Å². The van der Waals surface area contributed by atoms with Crippen LogP contribution in [0.4, 0.5) is 0 Å². The second-order valence-corrected chi connectivity index (χ2v) is 8.62. The number of hydrogen-bond donors (Lipinski definition) is 8. The largest absolute Gasteiger partial charge is 0.370 e. The average Bonchev–Trinajstić information content (AvgIpc) is 2.85. The number of benzene rings is 1. The number of hydrogen-bond acceptors (Lipinski definition) is 7. The predicted octanol–water partition coefficient (Wildman–Crippen LogP) is -2.30. The van der Waals surface area contributed by atoms with Crippen molar-refractivity contribution < 1.29 is 19.2 Å². The van der Waals surface area contributed by atoms with Crippen LogP contribution in [0.5, 0.6) is 0 Å². The van der Waals surface area contributed by atoms with E-state index in [4.69, 9.17) is 28.7 Å². The highest BCUT2D eigenvalue weighted by atomic mass is 16.2. The van der Waals surface area contributed by atoms with Gasteiger partial charge in [0.2, 0.25) is 23.6 Å². The van der Waals surface area contributed by atoms with E-state index in [0.29, 0.717) is 32.2 Å². The molecular formula is C24H41N9O4. The zero-order valence-corrected chi connectivity index (χ0v) is 21.2. The maximum absolute atomic E-state index is 13.1. The molecule has 1 aromatic rings. The maximum Gasteiger partial charge on any atom is 0.243 e. The molecule has 1 rings (SSSR count). The first-order valence-corrected chi connectivity index (χ1v) is 12.4.